The molecule has 5 heteroatoms. The van der Waals surface area contributed by atoms with Gasteiger partial charge in [-0.2, -0.15) is 0 Å². The number of aliphatic hydroxyl groups excluding tert-OH is 1. The lowest BCUT2D eigenvalue weighted by Crippen LogP contribution is -2.43. The van der Waals surface area contributed by atoms with Gasteiger partial charge >= 0.3 is 0 Å². The molecule has 1 aliphatic rings. The van der Waals surface area contributed by atoms with Gasteiger partial charge in [-0.1, -0.05) is 18.0 Å². The zero-order valence-electron chi connectivity index (χ0n) is 11.2. The van der Waals surface area contributed by atoms with Crippen molar-refractivity contribution >= 4 is 11.5 Å². The van der Waals surface area contributed by atoms with Crippen molar-refractivity contribution in [3.8, 4) is 0 Å². The highest BCUT2D eigenvalue weighted by Gasteiger charge is 2.26. The summed E-state index contributed by atoms with van der Waals surface area (Å²) in [5.41, 5.74) is 7.24. The maximum atomic E-state index is 10.1. The summed E-state index contributed by atoms with van der Waals surface area (Å²) in [6.07, 6.45) is 3.89. The third-order valence-electron chi connectivity index (χ3n) is 3.87. The predicted molar refractivity (Wildman–Crippen MR) is 75.6 cm³/mol. The number of likely N-dealkylation sites (N-methyl/N-ethyl adjacent to an activating group) is 1. The number of rotatable bonds is 3. The van der Waals surface area contributed by atoms with Gasteiger partial charge in [-0.25, -0.2) is 0 Å². The summed E-state index contributed by atoms with van der Waals surface area (Å²) in [6.45, 7) is 0. The lowest BCUT2D eigenvalue weighted by Gasteiger charge is -2.36. The molecule has 5 nitrogen and oxygen atoms in total. The van der Waals surface area contributed by atoms with E-state index in [1.165, 1.54) is 0 Å². The van der Waals surface area contributed by atoms with Crippen LogP contribution in [0.3, 0.4) is 0 Å². The Bertz CT molecular complexity index is 445. The Labute approximate surface area is 113 Å². The van der Waals surface area contributed by atoms with Gasteiger partial charge in [0.1, 0.15) is 0 Å². The van der Waals surface area contributed by atoms with Crippen molar-refractivity contribution in [2.24, 2.45) is 10.9 Å². The van der Waals surface area contributed by atoms with Gasteiger partial charge in [0.05, 0.1) is 12.1 Å². The first-order valence-corrected chi connectivity index (χ1v) is 6.62. The number of amidine groups is 1. The zero-order valence-corrected chi connectivity index (χ0v) is 11.2. The van der Waals surface area contributed by atoms with Gasteiger partial charge < -0.3 is 20.9 Å². The normalized spacial score (nSPS) is 24.2. The molecule has 0 radical (unpaired) electrons. The van der Waals surface area contributed by atoms with Gasteiger partial charge in [-0.15, -0.1) is 0 Å². The smallest absolute Gasteiger partial charge is 0.170 e. The number of anilines is 1. The van der Waals surface area contributed by atoms with Crippen LogP contribution in [0.25, 0.3) is 0 Å². The molecule has 2 atom stereocenters. The van der Waals surface area contributed by atoms with E-state index < -0.39 is 0 Å². The van der Waals surface area contributed by atoms with Crippen molar-refractivity contribution in [2.45, 2.75) is 37.8 Å². The van der Waals surface area contributed by atoms with Crippen LogP contribution < -0.4 is 10.6 Å². The average Bonchev–Trinajstić information content (AvgIpc) is 2.46. The number of hydrogen-bond donors (Lipinski definition) is 3. The first kappa shape index (κ1) is 13.7. The fourth-order valence-corrected chi connectivity index (χ4v) is 2.66. The number of benzene rings is 1. The Kier molecular flexibility index (Phi) is 4.27. The van der Waals surface area contributed by atoms with Crippen molar-refractivity contribution in [1.82, 2.24) is 0 Å². The molecule has 0 amide bonds. The average molecular weight is 263 g/mol. The number of oxime groups is 1. The fourth-order valence-electron chi connectivity index (χ4n) is 2.66. The van der Waals surface area contributed by atoms with Crippen LogP contribution in [0.4, 0.5) is 5.69 Å². The van der Waals surface area contributed by atoms with Crippen molar-refractivity contribution in [3.63, 3.8) is 0 Å². The molecule has 1 aromatic rings. The van der Waals surface area contributed by atoms with Crippen molar-refractivity contribution in [3.05, 3.63) is 29.8 Å². The van der Waals surface area contributed by atoms with Crippen molar-refractivity contribution in [1.29, 1.82) is 0 Å². The Morgan fingerprint density at radius 1 is 1.26 bits per heavy atom. The van der Waals surface area contributed by atoms with Crippen molar-refractivity contribution in [2.75, 3.05) is 11.9 Å². The molecule has 0 bridgehead atoms. The molecule has 0 aromatic heterocycles. The van der Waals surface area contributed by atoms with E-state index in [2.05, 4.69) is 10.1 Å². The highest BCUT2D eigenvalue weighted by molar-refractivity contribution is 5.97. The van der Waals surface area contributed by atoms with E-state index >= 15 is 0 Å². The monoisotopic (exact) mass is 263 g/mol. The number of nitrogens with zero attached hydrogens (tertiary/aromatic N) is 2. The minimum atomic E-state index is -0.262. The van der Waals surface area contributed by atoms with Gasteiger partial charge in [0.15, 0.2) is 5.84 Å². The molecule has 1 aromatic carbocycles. The van der Waals surface area contributed by atoms with Gasteiger partial charge in [-0.3, -0.25) is 0 Å². The lowest BCUT2D eigenvalue weighted by atomic mass is 9.91. The number of hydrogen-bond acceptors (Lipinski definition) is 4. The molecule has 0 saturated heterocycles. The predicted octanol–water partition coefficient (Wildman–Crippen LogP) is 1.52. The minimum Gasteiger partial charge on any atom is -0.409 e. The minimum absolute atomic E-state index is 0.104. The third kappa shape index (κ3) is 2.98. The molecule has 1 fully saturated rings. The fraction of sp³-hybridized carbons (Fsp3) is 0.500. The summed E-state index contributed by atoms with van der Waals surface area (Å²) in [5.74, 6) is 0.104. The third-order valence-corrected chi connectivity index (χ3v) is 3.87. The van der Waals surface area contributed by atoms with Gasteiger partial charge in [0.25, 0.3) is 0 Å². The van der Waals surface area contributed by atoms with Gasteiger partial charge in [-0.05, 0) is 37.1 Å². The molecular formula is C14H21N3O2. The van der Waals surface area contributed by atoms with E-state index in [0.29, 0.717) is 5.56 Å². The molecular weight excluding hydrogens is 242 g/mol. The van der Waals surface area contributed by atoms with Crippen LogP contribution in [0.2, 0.25) is 0 Å². The standard InChI is InChI=1S/C14H21N3O2/c1-17(12-4-2-3-5-13(12)18)11-8-6-10(7-9-11)14(15)16-19/h6-9,12-13,18-19H,2-5H2,1H3,(H2,15,16). The zero-order chi connectivity index (χ0) is 13.8. The topological polar surface area (TPSA) is 82.1 Å². The molecule has 19 heavy (non-hydrogen) atoms. The van der Waals surface area contributed by atoms with E-state index in [4.69, 9.17) is 10.9 Å². The Morgan fingerprint density at radius 2 is 1.89 bits per heavy atom. The summed E-state index contributed by atoms with van der Waals surface area (Å²) in [5, 5.41) is 21.7. The first-order valence-electron chi connectivity index (χ1n) is 6.62. The Hall–Kier alpha value is -1.75. The van der Waals surface area contributed by atoms with Crippen LogP contribution in [0, 0.1) is 0 Å². The summed E-state index contributed by atoms with van der Waals surface area (Å²) < 4.78 is 0. The van der Waals surface area contributed by atoms with Crippen molar-refractivity contribution < 1.29 is 10.3 Å². The quantitative estimate of drug-likeness (QED) is 0.334. The number of nitrogens with two attached hydrogens (primary N) is 1. The molecule has 1 aliphatic carbocycles. The van der Waals surface area contributed by atoms with Crippen LogP contribution in [0.15, 0.2) is 29.4 Å². The Balaban J connectivity index is 2.12. The van der Waals surface area contributed by atoms with E-state index in [1.54, 1.807) is 0 Å². The SMILES string of the molecule is CN(c1ccc(/C(N)=N/O)cc1)C1CCCCC1O. The molecule has 2 unspecified atom stereocenters. The second kappa shape index (κ2) is 5.93. The van der Waals surface area contributed by atoms with Crippen LogP contribution in [0.5, 0.6) is 0 Å². The molecule has 1 saturated carbocycles. The summed E-state index contributed by atoms with van der Waals surface area (Å²) >= 11 is 0. The second-order valence-electron chi connectivity index (χ2n) is 5.06. The maximum absolute atomic E-state index is 10.1. The highest BCUT2D eigenvalue weighted by Crippen LogP contribution is 2.26. The van der Waals surface area contributed by atoms with Crippen LogP contribution in [0.1, 0.15) is 31.2 Å². The van der Waals surface area contributed by atoms with E-state index in [-0.39, 0.29) is 18.0 Å². The largest absolute Gasteiger partial charge is 0.409 e. The van der Waals surface area contributed by atoms with E-state index in [0.717, 1.165) is 31.4 Å². The lowest BCUT2D eigenvalue weighted by molar-refractivity contribution is 0.106. The molecule has 0 spiro atoms. The second-order valence-corrected chi connectivity index (χ2v) is 5.06. The van der Waals surface area contributed by atoms with Crippen LogP contribution in [-0.4, -0.2) is 35.3 Å². The summed E-state index contributed by atoms with van der Waals surface area (Å²) in [6, 6.07) is 7.65. The van der Waals surface area contributed by atoms with Crippen LogP contribution in [-0.2, 0) is 0 Å². The first-order chi connectivity index (χ1) is 9.13. The van der Waals surface area contributed by atoms with Gasteiger partial charge in [0.2, 0.25) is 0 Å². The molecule has 0 aliphatic heterocycles. The molecule has 104 valence electrons. The van der Waals surface area contributed by atoms with E-state index in [1.807, 2.05) is 31.3 Å². The number of aliphatic hydroxyl groups is 1. The van der Waals surface area contributed by atoms with Gasteiger partial charge in [0, 0.05) is 18.3 Å². The highest BCUT2D eigenvalue weighted by atomic mass is 16.4. The maximum Gasteiger partial charge on any atom is 0.170 e. The Morgan fingerprint density at radius 3 is 2.47 bits per heavy atom. The van der Waals surface area contributed by atoms with Crippen LogP contribution >= 0.6 is 0 Å². The summed E-state index contributed by atoms with van der Waals surface area (Å²) in [4.78, 5) is 2.11. The molecule has 0 heterocycles. The summed E-state index contributed by atoms with van der Waals surface area (Å²) in [7, 11) is 2.00. The van der Waals surface area contributed by atoms with E-state index in [9.17, 15) is 5.11 Å². The molecule has 4 N–H and O–H groups in total. The molecule has 2 rings (SSSR count).